The topological polar surface area (TPSA) is 57.6 Å². The summed E-state index contributed by atoms with van der Waals surface area (Å²) in [6, 6.07) is 20.0. The van der Waals surface area contributed by atoms with E-state index in [4.69, 9.17) is 0 Å². The number of halogens is 1. The molecule has 3 aromatic rings. The zero-order chi connectivity index (χ0) is 27.5. The molecule has 0 spiro atoms. The van der Waals surface area contributed by atoms with Gasteiger partial charge in [0.05, 0.1) is 6.54 Å². The van der Waals surface area contributed by atoms with Gasteiger partial charge in [-0.1, -0.05) is 80.4 Å². The number of benzene rings is 2. The Balaban J connectivity index is 1.74. The predicted molar refractivity (Wildman–Crippen MR) is 159 cm³/mol. The Bertz CT molecular complexity index is 1170. The number of rotatable bonds is 13. The Morgan fingerprint density at radius 2 is 1.71 bits per heavy atom. The van der Waals surface area contributed by atoms with Crippen molar-refractivity contribution in [3.8, 4) is 0 Å². The highest BCUT2D eigenvalue weighted by Gasteiger charge is 2.23. The summed E-state index contributed by atoms with van der Waals surface area (Å²) in [5.74, 6) is 0.205. The average molecular weight is 582 g/mol. The third-order valence-electron chi connectivity index (χ3n) is 6.52. The van der Waals surface area contributed by atoms with Crippen molar-refractivity contribution >= 4 is 33.6 Å². The first kappa shape index (κ1) is 29.5. The van der Waals surface area contributed by atoms with Crippen LogP contribution in [0.1, 0.15) is 57.4 Å². The molecule has 0 atom stereocenters. The van der Waals surface area contributed by atoms with Gasteiger partial charge in [-0.05, 0) is 60.2 Å². The maximum Gasteiger partial charge on any atom is 0.322 e. The third-order valence-corrected chi connectivity index (χ3v) is 7.04. The van der Waals surface area contributed by atoms with Crippen LogP contribution in [0.3, 0.4) is 0 Å². The number of aryl methyl sites for hydroxylation is 1. The number of para-hydroxylation sites is 1. The molecular formula is C31H41BrN4O2. The largest absolute Gasteiger partial charge is 0.345 e. The molecular weight excluding hydrogens is 540 g/mol. The first-order chi connectivity index (χ1) is 18.3. The van der Waals surface area contributed by atoms with Crippen LogP contribution in [0.4, 0.5) is 10.5 Å². The zero-order valence-electron chi connectivity index (χ0n) is 23.1. The summed E-state index contributed by atoms with van der Waals surface area (Å²) in [7, 11) is 0. The van der Waals surface area contributed by atoms with Crippen LogP contribution < -0.4 is 5.32 Å². The minimum absolute atomic E-state index is 0.0329. The average Bonchev–Trinajstić information content (AvgIpc) is 3.33. The second kappa shape index (κ2) is 14.8. The van der Waals surface area contributed by atoms with Crippen molar-refractivity contribution in [1.29, 1.82) is 0 Å². The molecule has 7 heteroatoms. The molecule has 1 aromatic heterocycles. The van der Waals surface area contributed by atoms with Crippen molar-refractivity contribution in [3.63, 3.8) is 0 Å². The van der Waals surface area contributed by atoms with Crippen LogP contribution in [0, 0.1) is 5.92 Å². The number of hydrogen-bond donors (Lipinski definition) is 1. The molecule has 0 unspecified atom stereocenters. The van der Waals surface area contributed by atoms with Crippen molar-refractivity contribution in [2.45, 2.75) is 60.0 Å². The smallest absolute Gasteiger partial charge is 0.322 e. The van der Waals surface area contributed by atoms with Crippen LogP contribution in [0.15, 0.2) is 71.3 Å². The highest BCUT2D eigenvalue weighted by Crippen LogP contribution is 2.18. The second-order valence-electron chi connectivity index (χ2n) is 10.1. The van der Waals surface area contributed by atoms with E-state index in [9.17, 15) is 9.59 Å². The minimum Gasteiger partial charge on any atom is -0.345 e. The van der Waals surface area contributed by atoms with Gasteiger partial charge in [0.2, 0.25) is 5.91 Å². The summed E-state index contributed by atoms with van der Waals surface area (Å²) in [6.07, 6.45) is 4.79. The number of carbonyl (C=O) groups is 2. The highest BCUT2D eigenvalue weighted by atomic mass is 79.9. The number of aromatic nitrogens is 1. The van der Waals surface area contributed by atoms with Crippen molar-refractivity contribution in [2.24, 2.45) is 5.92 Å². The van der Waals surface area contributed by atoms with Gasteiger partial charge in [0.15, 0.2) is 0 Å². The fourth-order valence-corrected chi connectivity index (χ4v) is 4.70. The zero-order valence-corrected chi connectivity index (χ0v) is 24.7. The molecule has 0 aliphatic carbocycles. The predicted octanol–water partition coefficient (Wildman–Crippen LogP) is 7.18. The minimum atomic E-state index is -0.234. The van der Waals surface area contributed by atoms with Crippen molar-refractivity contribution in [2.75, 3.05) is 25.0 Å². The van der Waals surface area contributed by atoms with Gasteiger partial charge in [0, 0.05) is 41.7 Å². The van der Waals surface area contributed by atoms with E-state index in [1.165, 1.54) is 5.56 Å². The lowest BCUT2D eigenvalue weighted by molar-refractivity contribution is -0.132. The van der Waals surface area contributed by atoms with Crippen LogP contribution in [0.5, 0.6) is 0 Å². The molecule has 0 saturated heterocycles. The molecule has 3 amide bonds. The summed E-state index contributed by atoms with van der Waals surface area (Å²) >= 11 is 3.50. The number of amides is 3. The molecule has 0 saturated carbocycles. The quantitative estimate of drug-likeness (QED) is 0.233. The Morgan fingerprint density at radius 3 is 2.39 bits per heavy atom. The van der Waals surface area contributed by atoms with Crippen molar-refractivity contribution in [1.82, 2.24) is 14.4 Å². The standard InChI is InChI=1S/C31H41BrN4O2/c1-5-7-18-35(22-28-12-10-19-34(28)21-25-14-16-27(32)17-15-25)30(37)23-36(20-24(3)4)31(38)33-29-13-9-8-11-26(29)6-2/h8-17,19,24H,5-7,18,20-23H2,1-4H3,(H,33,38). The summed E-state index contributed by atoms with van der Waals surface area (Å²) in [5, 5.41) is 3.05. The molecule has 204 valence electrons. The number of hydrogen-bond acceptors (Lipinski definition) is 2. The molecule has 6 nitrogen and oxygen atoms in total. The fraction of sp³-hybridized carbons (Fsp3) is 0.419. The van der Waals surface area contributed by atoms with Gasteiger partial charge in [-0.2, -0.15) is 0 Å². The number of unbranched alkanes of at least 4 members (excludes halogenated alkanes) is 1. The van der Waals surface area contributed by atoms with E-state index in [-0.39, 0.29) is 24.4 Å². The van der Waals surface area contributed by atoms with Crippen molar-refractivity contribution < 1.29 is 9.59 Å². The lowest BCUT2D eigenvalue weighted by atomic mass is 10.1. The van der Waals surface area contributed by atoms with Crippen LogP contribution in [0.25, 0.3) is 0 Å². The monoisotopic (exact) mass is 580 g/mol. The number of carbonyl (C=O) groups excluding carboxylic acids is 2. The Morgan fingerprint density at radius 1 is 0.974 bits per heavy atom. The third kappa shape index (κ3) is 8.76. The molecule has 0 radical (unpaired) electrons. The van der Waals surface area contributed by atoms with Gasteiger partial charge in [-0.15, -0.1) is 0 Å². The molecule has 2 aromatic carbocycles. The van der Waals surface area contributed by atoms with E-state index in [1.807, 2.05) is 47.4 Å². The Labute approximate surface area is 236 Å². The molecule has 0 aliphatic heterocycles. The molecule has 1 N–H and O–H groups in total. The maximum atomic E-state index is 13.6. The SMILES string of the molecule is CCCCN(Cc1cccn1Cc1ccc(Br)cc1)C(=O)CN(CC(C)C)C(=O)Nc1ccccc1CC. The lowest BCUT2D eigenvalue weighted by Gasteiger charge is -2.29. The molecule has 0 aliphatic rings. The van der Waals surface area contributed by atoms with E-state index in [0.717, 1.165) is 47.2 Å². The van der Waals surface area contributed by atoms with Crippen LogP contribution in [0.2, 0.25) is 0 Å². The number of nitrogens with one attached hydrogen (secondary N) is 1. The van der Waals surface area contributed by atoms with Gasteiger partial charge in [-0.25, -0.2) is 4.79 Å². The van der Waals surface area contributed by atoms with Gasteiger partial charge in [0.25, 0.3) is 0 Å². The second-order valence-corrected chi connectivity index (χ2v) is 11.1. The maximum absolute atomic E-state index is 13.6. The lowest BCUT2D eigenvalue weighted by Crippen LogP contribution is -2.46. The highest BCUT2D eigenvalue weighted by molar-refractivity contribution is 9.10. The Hall–Kier alpha value is -3.06. The van der Waals surface area contributed by atoms with Crippen LogP contribution >= 0.6 is 15.9 Å². The van der Waals surface area contributed by atoms with Gasteiger partial charge < -0.3 is 19.7 Å². The summed E-state index contributed by atoms with van der Waals surface area (Å²) in [5.41, 5.74) is 4.15. The van der Waals surface area contributed by atoms with Crippen LogP contribution in [-0.4, -0.2) is 45.9 Å². The first-order valence-corrected chi connectivity index (χ1v) is 14.4. The van der Waals surface area contributed by atoms with E-state index >= 15 is 0 Å². The summed E-state index contributed by atoms with van der Waals surface area (Å²) in [4.78, 5) is 30.5. The molecule has 0 bridgehead atoms. The number of anilines is 1. The van der Waals surface area contributed by atoms with E-state index < -0.39 is 0 Å². The summed E-state index contributed by atoms with van der Waals surface area (Å²) < 4.78 is 3.24. The van der Waals surface area contributed by atoms with Crippen molar-refractivity contribution in [3.05, 3.63) is 88.2 Å². The first-order valence-electron chi connectivity index (χ1n) is 13.6. The van der Waals surface area contributed by atoms with Gasteiger partial charge >= 0.3 is 6.03 Å². The Kier molecular flexibility index (Phi) is 11.5. The molecule has 0 fully saturated rings. The fourth-order valence-electron chi connectivity index (χ4n) is 4.44. The number of nitrogens with zero attached hydrogens (tertiary/aromatic N) is 3. The van der Waals surface area contributed by atoms with E-state index in [1.54, 1.807) is 4.90 Å². The van der Waals surface area contributed by atoms with Crippen LogP contribution in [-0.2, 0) is 24.3 Å². The van der Waals surface area contributed by atoms with Gasteiger partial charge in [0.1, 0.15) is 6.54 Å². The van der Waals surface area contributed by atoms with E-state index in [0.29, 0.717) is 19.6 Å². The van der Waals surface area contributed by atoms with E-state index in [2.05, 4.69) is 77.9 Å². The number of urea groups is 1. The summed E-state index contributed by atoms with van der Waals surface area (Å²) in [6.45, 7) is 10.8. The van der Waals surface area contributed by atoms with Gasteiger partial charge in [-0.3, -0.25) is 4.79 Å². The normalized spacial score (nSPS) is 11.0. The molecule has 1 heterocycles. The molecule has 38 heavy (non-hydrogen) atoms. The molecule has 3 rings (SSSR count).